The molecule has 0 fully saturated rings. The summed E-state index contributed by atoms with van der Waals surface area (Å²) in [7, 11) is -0.234. The molecule has 0 aliphatic carbocycles. The third kappa shape index (κ3) is 4.19. The van der Waals surface area contributed by atoms with Gasteiger partial charge in [0.15, 0.2) is 0 Å². The van der Waals surface area contributed by atoms with Crippen LogP contribution < -0.4 is 14.8 Å². The van der Waals surface area contributed by atoms with Crippen molar-refractivity contribution in [2.45, 2.75) is 44.2 Å². The maximum absolute atomic E-state index is 12.4. The average molecular weight is 300 g/mol. The van der Waals surface area contributed by atoms with E-state index < -0.39 is 10.0 Å². The van der Waals surface area contributed by atoms with Gasteiger partial charge in [-0.15, -0.1) is 0 Å². The number of ether oxygens (including phenoxy) is 1. The van der Waals surface area contributed by atoms with Crippen LogP contribution in [0.15, 0.2) is 23.1 Å². The molecule has 1 aromatic carbocycles. The summed E-state index contributed by atoms with van der Waals surface area (Å²) in [6.07, 6.45) is 1.52. The second-order valence-corrected chi connectivity index (χ2v) is 6.33. The van der Waals surface area contributed by atoms with Gasteiger partial charge in [0.25, 0.3) is 0 Å². The fourth-order valence-electron chi connectivity index (χ4n) is 1.99. The molecule has 114 valence electrons. The van der Waals surface area contributed by atoms with Crippen LogP contribution >= 0.6 is 0 Å². The zero-order valence-corrected chi connectivity index (χ0v) is 13.4. The van der Waals surface area contributed by atoms with E-state index in [1.54, 1.807) is 18.2 Å². The van der Waals surface area contributed by atoms with Crippen molar-refractivity contribution in [2.24, 2.45) is 0 Å². The third-order valence-corrected chi connectivity index (χ3v) is 4.77. The minimum atomic E-state index is -3.55. The molecule has 2 N–H and O–H groups in total. The number of hydrogen-bond donors (Lipinski definition) is 2. The Labute approximate surface area is 121 Å². The van der Waals surface area contributed by atoms with Crippen molar-refractivity contribution in [1.82, 2.24) is 10.0 Å². The minimum absolute atomic E-state index is 0.0540. The molecule has 0 aliphatic rings. The van der Waals surface area contributed by atoms with Gasteiger partial charge in [-0.25, -0.2) is 13.1 Å². The zero-order valence-electron chi connectivity index (χ0n) is 12.6. The molecule has 0 aliphatic heterocycles. The highest BCUT2D eigenvalue weighted by Gasteiger charge is 2.22. The van der Waals surface area contributed by atoms with Gasteiger partial charge in [-0.3, -0.25) is 0 Å². The summed E-state index contributed by atoms with van der Waals surface area (Å²) >= 11 is 0. The van der Waals surface area contributed by atoms with Gasteiger partial charge in [0.1, 0.15) is 10.6 Å². The topological polar surface area (TPSA) is 67.4 Å². The van der Waals surface area contributed by atoms with Crippen molar-refractivity contribution < 1.29 is 13.2 Å². The van der Waals surface area contributed by atoms with Gasteiger partial charge < -0.3 is 10.1 Å². The molecule has 0 heterocycles. The Morgan fingerprint density at radius 3 is 2.40 bits per heavy atom. The number of nitrogens with one attached hydrogen (secondary N) is 2. The summed E-state index contributed by atoms with van der Waals surface area (Å²) in [5.41, 5.74) is 0.978. The Morgan fingerprint density at radius 1 is 1.25 bits per heavy atom. The molecule has 0 unspecified atom stereocenters. The van der Waals surface area contributed by atoms with Crippen LogP contribution in [0.25, 0.3) is 0 Å². The molecule has 1 aromatic rings. The van der Waals surface area contributed by atoms with E-state index in [0.29, 0.717) is 12.3 Å². The van der Waals surface area contributed by atoms with Crippen molar-refractivity contribution in [3.63, 3.8) is 0 Å². The Kier molecular flexibility index (Phi) is 6.45. The molecule has 0 bridgehead atoms. The molecule has 0 spiro atoms. The van der Waals surface area contributed by atoms with Crippen LogP contribution in [0.3, 0.4) is 0 Å². The maximum Gasteiger partial charge on any atom is 0.244 e. The van der Waals surface area contributed by atoms with Crippen LogP contribution in [-0.4, -0.2) is 28.6 Å². The van der Waals surface area contributed by atoms with E-state index in [1.165, 1.54) is 7.11 Å². The second kappa shape index (κ2) is 7.61. The average Bonchev–Trinajstić information content (AvgIpc) is 2.44. The first-order valence-electron chi connectivity index (χ1n) is 6.82. The highest BCUT2D eigenvalue weighted by Crippen LogP contribution is 2.25. The largest absolute Gasteiger partial charge is 0.495 e. The molecule has 0 radical (unpaired) electrons. The third-order valence-electron chi connectivity index (χ3n) is 3.21. The Morgan fingerprint density at radius 2 is 1.90 bits per heavy atom. The summed E-state index contributed by atoms with van der Waals surface area (Å²) in [4.78, 5) is 0.187. The highest BCUT2D eigenvalue weighted by atomic mass is 32.2. The number of rotatable bonds is 8. The maximum atomic E-state index is 12.4. The molecular formula is C14H24N2O3S. The normalized spacial score (nSPS) is 11.8. The van der Waals surface area contributed by atoms with Crippen molar-refractivity contribution in [3.8, 4) is 5.75 Å². The molecule has 6 heteroatoms. The van der Waals surface area contributed by atoms with Crippen molar-refractivity contribution >= 4 is 10.0 Å². The second-order valence-electron chi connectivity index (χ2n) is 4.65. The lowest BCUT2D eigenvalue weighted by Crippen LogP contribution is -2.34. The minimum Gasteiger partial charge on any atom is -0.495 e. The Hall–Kier alpha value is -1.11. The Balaban J connectivity index is 3.11. The van der Waals surface area contributed by atoms with Gasteiger partial charge in [0, 0.05) is 12.6 Å². The monoisotopic (exact) mass is 300 g/mol. The van der Waals surface area contributed by atoms with Gasteiger partial charge in [-0.2, -0.15) is 0 Å². The molecule has 0 saturated carbocycles. The first-order chi connectivity index (χ1) is 9.48. The first kappa shape index (κ1) is 16.9. The van der Waals surface area contributed by atoms with Crippen LogP contribution in [-0.2, 0) is 16.6 Å². The van der Waals surface area contributed by atoms with Crippen molar-refractivity contribution in [3.05, 3.63) is 23.8 Å². The lowest BCUT2D eigenvalue weighted by molar-refractivity contribution is 0.401. The summed E-state index contributed by atoms with van der Waals surface area (Å²) in [6, 6.07) is 5.08. The van der Waals surface area contributed by atoms with Crippen molar-refractivity contribution in [2.75, 3.05) is 14.2 Å². The number of sulfonamides is 1. The smallest absolute Gasteiger partial charge is 0.244 e. The molecule has 1 rings (SSSR count). The number of hydrogen-bond acceptors (Lipinski definition) is 4. The van der Waals surface area contributed by atoms with Gasteiger partial charge in [0.2, 0.25) is 10.0 Å². The van der Waals surface area contributed by atoms with Gasteiger partial charge in [0.05, 0.1) is 7.11 Å². The summed E-state index contributed by atoms with van der Waals surface area (Å²) in [5, 5.41) is 3.02. The van der Waals surface area contributed by atoms with E-state index in [4.69, 9.17) is 4.74 Å². The van der Waals surface area contributed by atoms with Crippen LogP contribution in [0.1, 0.15) is 32.3 Å². The molecule has 5 nitrogen and oxygen atoms in total. The SMILES string of the molecule is CCC(CC)NS(=O)(=O)c1ccc(CNC)cc1OC. The molecule has 20 heavy (non-hydrogen) atoms. The zero-order chi connectivity index (χ0) is 15.2. The molecule has 0 amide bonds. The summed E-state index contributed by atoms with van der Waals surface area (Å²) in [5.74, 6) is 0.371. The summed E-state index contributed by atoms with van der Waals surface area (Å²) in [6.45, 7) is 4.59. The Bertz CT molecular complexity index is 525. The predicted octanol–water partition coefficient (Wildman–Crippen LogP) is 1.88. The van der Waals surface area contributed by atoms with E-state index >= 15 is 0 Å². The van der Waals surface area contributed by atoms with Crippen molar-refractivity contribution in [1.29, 1.82) is 0 Å². The number of benzene rings is 1. The van der Waals surface area contributed by atoms with Gasteiger partial charge in [-0.05, 0) is 37.6 Å². The number of methoxy groups -OCH3 is 1. The lowest BCUT2D eigenvalue weighted by Gasteiger charge is -2.17. The van der Waals surface area contributed by atoms with Crippen LogP contribution in [0.4, 0.5) is 0 Å². The molecular weight excluding hydrogens is 276 g/mol. The van der Waals surface area contributed by atoms with E-state index in [1.807, 2.05) is 20.9 Å². The molecule has 0 atom stereocenters. The van der Waals surface area contributed by atoms with E-state index in [-0.39, 0.29) is 10.9 Å². The van der Waals surface area contributed by atoms with E-state index in [9.17, 15) is 8.42 Å². The van der Waals surface area contributed by atoms with E-state index in [0.717, 1.165) is 18.4 Å². The standard InChI is InChI=1S/C14H24N2O3S/c1-5-12(6-2)16-20(17,18)14-8-7-11(10-15-3)9-13(14)19-4/h7-9,12,15-16H,5-6,10H2,1-4H3. The fraction of sp³-hybridized carbons (Fsp3) is 0.571. The first-order valence-corrected chi connectivity index (χ1v) is 8.30. The van der Waals surface area contributed by atoms with Gasteiger partial charge in [-0.1, -0.05) is 19.9 Å². The summed E-state index contributed by atoms with van der Waals surface area (Å²) < 4.78 is 32.7. The van der Waals surface area contributed by atoms with Crippen LogP contribution in [0, 0.1) is 0 Å². The van der Waals surface area contributed by atoms with E-state index in [2.05, 4.69) is 10.0 Å². The van der Waals surface area contributed by atoms with Crippen LogP contribution in [0.2, 0.25) is 0 Å². The quantitative estimate of drug-likeness (QED) is 0.769. The fourth-order valence-corrected chi connectivity index (χ4v) is 3.54. The predicted molar refractivity (Wildman–Crippen MR) is 80.4 cm³/mol. The van der Waals surface area contributed by atoms with Crippen LogP contribution in [0.5, 0.6) is 5.75 Å². The highest BCUT2D eigenvalue weighted by molar-refractivity contribution is 7.89. The lowest BCUT2D eigenvalue weighted by atomic mass is 10.2. The molecule has 0 aromatic heterocycles. The van der Waals surface area contributed by atoms with Gasteiger partial charge >= 0.3 is 0 Å². The molecule has 0 saturated heterocycles.